The van der Waals surface area contributed by atoms with Gasteiger partial charge in [0, 0.05) is 56.1 Å². The minimum absolute atomic E-state index is 0.230. The van der Waals surface area contributed by atoms with Gasteiger partial charge in [-0.05, 0) is 63.2 Å². The molecule has 0 saturated carbocycles. The highest BCUT2D eigenvalue weighted by atomic mass is 16.6. The van der Waals surface area contributed by atoms with Crippen LogP contribution in [0.25, 0.3) is 11.4 Å². The maximum absolute atomic E-state index is 12.4. The molecule has 3 aromatic rings. The van der Waals surface area contributed by atoms with Gasteiger partial charge in [-0.25, -0.2) is 14.8 Å². The first-order valence-electron chi connectivity index (χ1n) is 15.1. The number of hydrogen-bond donors (Lipinski definition) is 1. The molecule has 2 aromatic carbocycles. The first-order valence-corrected chi connectivity index (χ1v) is 15.1. The summed E-state index contributed by atoms with van der Waals surface area (Å²) in [6, 6.07) is 16.4. The van der Waals surface area contributed by atoms with Crippen molar-refractivity contribution in [2.24, 2.45) is 0 Å². The predicted molar refractivity (Wildman–Crippen MR) is 165 cm³/mol. The quantitative estimate of drug-likeness (QED) is 0.423. The number of carbonyl (C=O) groups is 1. The van der Waals surface area contributed by atoms with Gasteiger partial charge >= 0.3 is 6.09 Å². The van der Waals surface area contributed by atoms with E-state index in [1.54, 1.807) is 17.0 Å². The molecule has 4 heterocycles. The number of nitrogens with one attached hydrogen (secondary N) is 1. The highest BCUT2D eigenvalue weighted by Gasteiger charge is 2.32. The van der Waals surface area contributed by atoms with E-state index >= 15 is 0 Å². The van der Waals surface area contributed by atoms with Gasteiger partial charge in [0.15, 0.2) is 5.82 Å². The zero-order valence-electron chi connectivity index (χ0n) is 25.4. The van der Waals surface area contributed by atoms with Crippen LogP contribution >= 0.6 is 0 Å². The van der Waals surface area contributed by atoms with Gasteiger partial charge in [-0.1, -0.05) is 0 Å². The highest BCUT2D eigenvalue weighted by Crippen LogP contribution is 2.28. The minimum Gasteiger partial charge on any atom is -0.487 e. The second kappa shape index (κ2) is 12.6. The number of rotatable bonds is 7. The molecule has 230 valence electrons. The fourth-order valence-electron chi connectivity index (χ4n) is 5.52. The van der Waals surface area contributed by atoms with Crippen LogP contribution in [0.15, 0.2) is 48.8 Å². The van der Waals surface area contributed by atoms with Crippen LogP contribution in [0, 0.1) is 11.3 Å². The Labute approximate surface area is 257 Å². The third-order valence-corrected chi connectivity index (χ3v) is 7.96. The van der Waals surface area contributed by atoms with Gasteiger partial charge in [-0.3, -0.25) is 4.90 Å². The van der Waals surface area contributed by atoms with Crippen molar-refractivity contribution in [2.45, 2.75) is 44.9 Å². The zero-order valence-corrected chi connectivity index (χ0v) is 25.4. The molecule has 0 aliphatic carbocycles. The van der Waals surface area contributed by atoms with Crippen molar-refractivity contribution in [3.05, 3.63) is 54.4 Å². The first-order chi connectivity index (χ1) is 21.2. The third kappa shape index (κ3) is 7.01. The Balaban J connectivity index is 1.06. The van der Waals surface area contributed by atoms with Crippen LogP contribution in [0.3, 0.4) is 0 Å². The molecule has 0 spiro atoms. The second-order valence-electron chi connectivity index (χ2n) is 12.3. The maximum atomic E-state index is 12.4. The largest absolute Gasteiger partial charge is 0.487 e. The second-order valence-corrected chi connectivity index (χ2v) is 12.3. The number of amides is 1. The lowest BCUT2D eigenvalue weighted by Crippen LogP contribution is -2.56. The van der Waals surface area contributed by atoms with Crippen LogP contribution in [-0.4, -0.2) is 101 Å². The lowest BCUT2D eigenvalue weighted by Gasteiger charge is -2.43. The predicted octanol–water partition coefficient (Wildman–Crippen LogP) is 4.06. The van der Waals surface area contributed by atoms with Gasteiger partial charge in [0.2, 0.25) is 5.95 Å². The number of benzene rings is 2. The van der Waals surface area contributed by atoms with E-state index in [-0.39, 0.29) is 12.2 Å². The Kier molecular flexibility index (Phi) is 8.50. The van der Waals surface area contributed by atoms with Crippen LogP contribution in [0.5, 0.6) is 5.75 Å². The van der Waals surface area contributed by atoms with Gasteiger partial charge in [0.05, 0.1) is 31.4 Å². The molecule has 6 rings (SSSR count). The molecular formula is C32H38N8O4. The van der Waals surface area contributed by atoms with Crippen molar-refractivity contribution in [2.75, 3.05) is 62.7 Å². The summed E-state index contributed by atoms with van der Waals surface area (Å²) >= 11 is 0. The summed E-state index contributed by atoms with van der Waals surface area (Å²) in [4.78, 5) is 32.2. The molecule has 1 atom stereocenters. The summed E-state index contributed by atoms with van der Waals surface area (Å²) in [6.45, 7) is 12.3. The molecule has 12 heteroatoms. The van der Waals surface area contributed by atoms with Crippen molar-refractivity contribution in [3.63, 3.8) is 0 Å². The van der Waals surface area contributed by atoms with Gasteiger partial charge in [-0.2, -0.15) is 10.2 Å². The molecule has 0 radical (unpaired) electrons. The molecule has 3 saturated heterocycles. The lowest BCUT2D eigenvalue weighted by atomic mass is 10.1. The van der Waals surface area contributed by atoms with E-state index in [0.717, 1.165) is 45.1 Å². The normalized spacial score (nSPS) is 19.3. The van der Waals surface area contributed by atoms with E-state index in [4.69, 9.17) is 14.2 Å². The summed E-state index contributed by atoms with van der Waals surface area (Å²) in [6.07, 6.45) is 1.52. The summed E-state index contributed by atoms with van der Waals surface area (Å²) in [7, 11) is 0. The maximum Gasteiger partial charge on any atom is 0.410 e. The molecule has 44 heavy (non-hydrogen) atoms. The molecule has 3 fully saturated rings. The Morgan fingerprint density at radius 1 is 1.05 bits per heavy atom. The first kappa shape index (κ1) is 29.6. The monoisotopic (exact) mass is 598 g/mol. The molecule has 12 nitrogen and oxygen atoms in total. The van der Waals surface area contributed by atoms with Crippen LogP contribution < -0.4 is 15.0 Å². The molecular weight excluding hydrogens is 560 g/mol. The number of piperazine rings is 1. The van der Waals surface area contributed by atoms with Gasteiger partial charge in [-0.15, -0.1) is 0 Å². The average Bonchev–Trinajstić information content (AvgIpc) is 3.46. The van der Waals surface area contributed by atoms with Crippen LogP contribution in [-0.2, 0) is 9.47 Å². The van der Waals surface area contributed by atoms with Crippen molar-refractivity contribution in [3.8, 4) is 23.2 Å². The van der Waals surface area contributed by atoms with Crippen molar-refractivity contribution in [1.82, 2.24) is 24.8 Å². The van der Waals surface area contributed by atoms with Crippen LogP contribution in [0.4, 0.5) is 22.1 Å². The number of carbonyl (C=O) groups excluding carboxylic acids is 1. The fraction of sp³-hybridized carbons (Fsp3) is 0.469. The molecule has 1 unspecified atom stereocenters. The number of nitriles is 1. The molecule has 3 aliphatic heterocycles. The van der Waals surface area contributed by atoms with E-state index in [0.29, 0.717) is 54.2 Å². The fourth-order valence-corrected chi connectivity index (χ4v) is 5.52. The summed E-state index contributed by atoms with van der Waals surface area (Å²) in [5.41, 5.74) is 2.54. The molecule has 1 amide bonds. The number of hydrogen-bond acceptors (Lipinski definition) is 11. The van der Waals surface area contributed by atoms with Crippen molar-refractivity contribution >= 4 is 23.4 Å². The molecule has 3 aliphatic rings. The third-order valence-electron chi connectivity index (χ3n) is 7.96. The number of aromatic nitrogens is 3. The Morgan fingerprint density at radius 2 is 1.82 bits per heavy atom. The number of likely N-dealkylation sites (tertiary alicyclic amines) is 1. The minimum atomic E-state index is -0.559. The number of nitrogens with zero attached hydrogens (tertiary/aromatic N) is 7. The van der Waals surface area contributed by atoms with Gasteiger partial charge in [0.25, 0.3) is 0 Å². The summed E-state index contributed by atoms with van der Waals surface area (Å²) in [5.74, 6) is 1.30. The summed E-state index contributed by atoms with van der Waals surface area (Å²) in [5, 5.41) is 13.1. The Hall–Kier alpha value is -4.47. The van der Waals surface area contributed by atoms with E-state index in [1.807, 2.05) is 39.0 Å². The van der Waals surface area contributed by atoms with E-state index in [1.165, 1.54) is 12.0 Å². The van der Waals surface area contributed by atoms with E-state index in [2.05, 4.69) is 48.3 Å². The lowest BCUT2D eigenvalue weighted by molar-refractivity contribution is -0.0660. The van der Waals surface area contributed by atoms with Crippen molar-refractivity contribution in [1.29, 1.82) is 5.26 Å². The van der Waals surface area contributed by atoms with Crippen LogP contribution in [0.1, 0.15) is 32.8 Å². The Morgan fingerprint density at radius 3 is 2.50 bits per heavy atom. The van der Waals surface area contributed by atoms with Gasteiger partial charge in [0.1, 0.15) is 29.9 Å². The zero-order chi connectivity index (χ0) is 30.7. The highest BCUT2D eigenvalue weighted by molar-refractivity contribution is 5.68. The SMILES string of the molecule is CC(C)(C)OC(=O)N1CCC(Oc2ccc(-c3ncnc(Nc4ccc(N5CCN(C6COC6)CC5)cc4)n3)cc2C#N)C1. The molecule has 1 aromatic heterocycles. The van der Waals surface area contributed by atoms with E-state index < -0.39 is 5.60 Å². The average molecular weight is 599 g/mol. The standard InChI is InChI=1S/C32H38N8O4/c1-32(2,3)44-31(41)40-11-10-27(18-40)43-28-9-4-22(16-23(28)17-33)29-34-21-35-30(37-29)36-24-5-7-25(8-6-24)38-12-14-39(15-13-38)26-19-42-20-26/h4-9,16,21,26-27H,10-15,18-20H2,1-3H3,(H,34,35,36,37). The topological polar surface area (TPSA) is 129 Å². The summed E-state index contributed by atoms with van der Waals surface area (Å²) < 4.78 is 16.9. The Bertz CT molecular complexity index is 1510. The number of ether oxygens (including phenoxy) is 3. The van der Waals surface area contributed by atoms with E-state index in [9.17, 15) is 10.1 Å². The molecule has 0 bridgehead atoms. The number of anilines is 3. The van der Waals surface area contributed by atoms with Gasteiger partial charge < -0.3 is 29.3 Å². The smallest absolute Gasteiger partial charge is 0.410 e. The molecule has 1 N–H and O–H groups in total. The van der Waals surface area contributed by atoms with Crippen LogP contribution in [0.2, 0.25) is 0 Å². The van der Waals surface area contributed by atoms with Crippen molar-refractivity contribution < 1.29 is 19.0 Å².